The van der Waals surface area contributed by atoms with Gasteiger partial charge in [0.1, 0.15) is 6.10 Å². The van der Waals surface area contributed by atoms with Crippen LogP contribution in [0.15, 0.2) is 24.3 Å². The van der Waals surface area contributed by atoms with Crippen LogP contribution in [-0.2, 0) is 9.47 Å². The van der Waals surface area contributed by atoms with Gasteiger partial charge in [0.05, 0.1) is 17.7 Å². The van der Waals surface area contributed by atoms with Crippen molar-refractivity contribution in [2.75, 3.05) is 6.61 Å². The van der Waals surface area contributed by atoms with Gasteiger partial charge in [-0.15, -0.1) is 0 Å². The molecule has 4 heteroatoms. The van der Waals surface area contributed by atoms with Gasteiger partial charge in [-0.05, 0) is 86.5 Å². The van der Waals surface area contributed by atoms with Crippen LogP contribution in [0.1, 0.15) is 85.4 Å². The van der Waals surface area contributed by atoms with E-state index in [2.05, 4.69) is 6.92 Å². The Hall–Kier alpha value is -1.84. The van der Waals surface area contributed by atoms with E-state index in [0.717, 1.165) is 31.1 Å². The van der Waals surface area contributed by atoms with Crippen LogP contribution in [0.4, 0.5) is 0 Å². The molecule has 4 saturated carbocycles. The number of rotatable bonds is 8. The summed E-state index contributed by atoms with van der Waals surface area (Å²) in [7, 11) is 0. The first-order chi connectivity index (χ1) is 13.6. The largest absolute Gasteiger partial charge is 0.462 e. The number of carbonyl (C=O) groups is 2. The molecule has 4 aliphatic carbocycles. The Balaban J connectivity index is 1.29. The summed E-state index contributed by atoms with van der Waals surface area (Å²) in [6, 6.07) is 6.71. The monoisotopic (exact) mass is 384 g/mol. The maximum absolute atomic E-state index is 12.7. The minimum atomic E-state index is -0.322. The third-order valence-electron chi connectivity index (χ3n) is 6.97. The molecule has 0 heterocycles. The van der Waals surface area contributed by atoms with Gasteiger partial charge < -0.3 is 9.47 Å². The molecule has 152 valence electrons. The van der Waals surface area contributed by atoms with Gasteiger partial charge in [0.2, 0.25) is 0 Å². The van der Waals surface area contributed by atoms with Crippen molar-refractivity contribution in [3.63, 3.8) is 0 Å². The SMILES string of the molecule is CCCCCCOC(=O)c1ccc(C(=O)OC2C3CC4CC(C3)CC2C4)cc1. The molecule has 0 aliphatic heterocycles. The Morgan fingerprint density at radius 2 is 1.39 bits per heavy atom. The molecule has 0 spiro atoms. The highest BCUT2D eigenvalue weighted by molar-refractivity contribution is 5.93. The van der Waals surface area contributed by atoms with E-state index in [4.69, 9.17) is 9.47 Å². The molecule has 4 bridgehead atoms. The van der Waals surface area contributed by atoms with Crippen molar-refractivity contribution in [1.82, 2.24) is 0 Å². The molecular weight excluding hydrogens is 352 g/mol. The second-order valence-electron chi connectivity index (χ2n) is 9.07. The number of hydrogen-bond acceptors (Lipinski definition) is 4. The summed E-state index contributed by atoms with van der Waals surface area (Å²) in [6.07, 6.45) is 10.7. The number of carbonyl (C=O) groups excluding carboxylic acids is 2. The number of esters is 2. The second kappa shape index (κ2) is 8.67. The fourth-order valence-electron chi connectivity index (χ4n) is 5.78. The van der Waals surface area contributed by atoms with E-state index in [9.17, 15) is 9.59 Å². The predicted octanol–water partition coefficient (Wildman–Crippen LogP) is 5.41. The zero-order valence-electron chi connectivity index (χ0n) is 16.9. The third kappa shape index (κ3) is 4.26. The molecule has 4 aliphatic rings. The Kier molecular flexibility index (Phi) is 6.03. The number of ether oxygens (including phenoxy) is 2. The zero-order chi connectivity index (χ0) is 19.5. The maximum atomic E-state index is 12.7. The molecule has 0 unspecified atom stereocenters. The van der Waals surface area contributed by atoms with Crippen LogP contribution in [0, 0.1) is 23.7 Å². The van der Waals surface area contributed by atoms with Gasteiger partial charge in [0, 0.05) is 0 Å². The van der Waals surface area contributed by atoms with E-state index in [-0.39, 0.29) is 18.0 Å². The van der Waals surface area contributed by atoms with E-state index >= 15 is 0 Å². The van der Waals surface area contributed by atoms with Gasteiger partial charge in [-0.2, -0.15) is 0 Å². The molecule has 0 N–H and O–H groups in total. The second-order valence-corrected chi connectivity index (χ2v) is 9.07. The lowest BCUT2D eigenvalue weighted by atomic mass is 9.55. The van der Waals surface area contributed by atoms with Crippen molar-refractivity contribution in [3.05, 3.63) is 35.4 Å². The third-order valence-corrected chi connectivity index (χ3v) is 6.97. The molecule has 4 nitrogen and oxygen atoms in total. The molecule has 4 fully saturated rings. The Bertz CT molecular complexity index is 665. The summed E-state index contributed by atoms with van der Waals surface area (Å²) >= 11 is 0. The van der Waals surface area contributed by atoms with E-state index in [1.807, 2.05) is 0 Å². The normalized spacial score (nSPS) is 30.2. The molecule has 0 aromatic heterocycles. The Morgan fingerprint density at radius 1 is 0.821 bits per heavy atom. The molecule has 28 heavy (non-hydrogen) atoms. The average Bonchev–Trinajstić information content (AvgIpc) is 2.70. The summed E-state index contributed by atoms with van der Waals surface area (Å²) in [6.45, 7) is 2.61. The molecule has 0 atom stereocenters. The predicted molar refractivity (Wildman–Crippen MR) is 107 cm³/mol. The van der Waals surface area contributed by atoms with Crippen LogP contribution in [0.5, 0.6) is 0 Å². The summed E-state index contributed by atoms with van der Waals surface area (Å²) < 4.78 is 11.3. The van der Waals surface area contributed by atoms with Crippen molar-refractivity contribution < 1.29 is 19.1 Å². The fourth-order valence-corrected chi connectivity index (χ4v) is 5.78. The van der Waals surface area contributed by atoms with Crippen molar-refractivity contribution >= 4 is 11.9 Å². The van der Waals surface area contributed by atoms with E-state index in [1.165, 1.54) is 38.5 Å². The summed E-state index contributed by atoms with van der Waals surface area (Å²) in [5.74, 6) is 2.27. The smallest absolute Gasteiger partial charge is 0.338 e. The number of benzene rings is 1. The average molecular weight is 385 g/mol. The van der Waals surface area contributed by atoms with E-state index in [1.54, 1.807) is 24.3 Å². The Labute approximate surface area is 168 Å². The molecule has 0 amide bonds. The maximum Gasteiger partial charge on any atom is 0.338 e. The van der Waals surface area contributed by atoms with E-state index < -0.39 is 0 Å². The first-order valence-electron chi connectivity index (χ1n) is 11.1. The lowest BCUT2D eigenvalue weighted by Gasteiger charge is -2.53. The van der Waals surface area contributed by atoms with Gasteiger partial charge in [-0.1, -0.05) is 26.2 Å². The van der Waals surface area contributed by atoms with Crippen LogP contribution in [0.3, 0.4) is 0 Å². The highest BCUT2D eigenvalue weighted by Crippen LogP contribution is 2.54. The standard InChI is InChI=1S/C24H32O4/c1-2-3-4-5-10-27-23(25)18-6-8-19(9-7-18)24(26)28-22-20-12-16-11-17(14-20)15-21(22)13-16/h6-9,16-17,20-22H,2-5,10-15H2,1H3. The van der Waals surface area contributed by atoms with Crippen LogP contribution in [0.25, 0.3) is 0 Å². The highest BCUT2D eigenvalue weighted by Gasteiger charge is 2.49. The summed E-state index contributed by atoms with van der Waals surface area (Å²) in [4.78, 5) is 24.8. The van der Waals surface area contributed by atoms with Gasteiger partial charge in [0.15, 0.2) is 0 Å². The van der Waals surface area contributed by atoms with Crippen molar-refractivity contribution in [3.8, 4) is 0 Å². The first-order valence-corrected chi connectivity index (χ1v) is 11.1. The Morgan fingerprint density at radius 3 is 1.96 bits per heavy atom. The van der Waals surface area contributed by atoms with Gasteiger partial charge in [0.25, 0.3) is 0 Å². The number of unbranched alkanes of at least 4 members (excludes halogenated alkanes) is 3. The van der Waals surface area contributed by atoms with Crippen LogP contribution < -0.4 is 0 Å². The summed E-state index contributed by atoms with van der Waals surface area (Å²) in [5, 5.41) is 0. The minimum absolute atomic E-state index is 0.0908. The lowest BCUT2D eigenvalue weighted by molar-refractivity contribution is -0.101. The van der Waals surface area contributed by atoms with Crippen LogP contribution in [0.2, 0.25) is 0 Å². The zero-order valence-corrected chi connectivity index (χ0v) is 16.9. The van der Waals surface area contributed by atoms with Crippen LogP contribution in [-0.4, -0.2) is 24.6 Å². The molecule has 1 aromatic rings. The van der Waals surface area contributed by atoms with E-state index in [0.29, 0.717) is 29.6 Å². The van der Waals surface area contributed by atoms with Crippen molar-refractivity contribution in [2.24, 2.45) is 23.7 Å². The van der Waals surface area contributed by atoms with Gasteiger partial charge in [-0.3, -0.25) is 0 Å². The topological polar surface area (TPSA) is 52.6 Å². The fraction of sp³-hybridized carbons (Fsp3) is 0.667. The lowest BCUT2D eigenvalue weighted by Crippen LogP contribution is -2.50. The molecule has 1 aromatic carbocycles. The molecule has 0 saturated heterocycles. The molecule has 0 radical (unpaired) electrons. The van der Waals surface area contributed by atoms with Crippen molar-refractivity contribution in [1.29, 1.82) is 0 Å². The highest BCUT2D eigenvalue weighted by atomic mass is 16.5. The minimum Gasteiger partial charge on any atom is -0.462 e. The van der Waals surface area contributed by atoms with Gasteiger partial charge >= 0.3 is 11.9 Å². The van der Waals surface area contributed by atoms with Crippen LogP contribution >= 0.6 is 0 Å². The summed E-state index contributed by atoms with van der Waals surface area (Å²) in [5.41, 5.74) is 1.01. The number of hydrogen-bond donors (Lipinski definition) is 0. The van der Waals surface area contributed by atoms with Gasteiger partial charge in [-0.25, -0.2) is 9.59 Å². The quantitative estimate of drug-likeness (QED) is 0.444. The molecule has 5 rings (SSSR count). The first kappa shape index (κ1) is 19.5. The molecular formula is C24H32O4. The van der Waals surface area contributed by atoms with Crippen molar-refractivity contribution in [2.45, 2.75) is 70.8 Å².